The van der Waals surface area contributed by atoms with Crippen molar-refractivity contribution in [2.45, 2.75) is 32.7 Å². The number of aliphatic hydroxyl groups is 2. The number of carbonyl (C=O) groups is 1. The largest absolute Gasteiger partial charge is 0.394 e. The fraction of sp³-hybridized carbons (Fsp3) is 0.909. The number of hydrogen-bond acceptors (Lipinski definition) is 4. The highest BCUT2D eigenvalue weighted by molar-refractivity contribution is 5.78. The van der Waals surface area contributed by atoms with Gasteiger partial charge in [0.25, 0.3) is 0 Å². The molecule has 0 aromatic rings. The third kappa shape index (κ3) is 6.76. The van der Waals surface area contributed by atoms with Crippen LogP contribution < -0.4 is 5.32 Å². The molecule has 0 atom stereocenters. The van der Waals surface area contributed by atoms with Crippen LogP contribution in [0.15, 0.2) is 0 Å². The molecule has 5 nitrogen and oxygen atoms in total. The van der Waals surface area contributed by atoms with Gasteiger partial charge in [0.1, 0.15) is 0 Å². The molecule has 0 heterocycles. The van der Waals surface area contributed by atoms with Crippen molar-refractivity contribution in [2.75, 3.05) is 32.8 Å². The zero-order chi connectivity index (χ0) is 12.4. The molecule has 3 N–H and O–H groups in total. The maximum absolute atomic E-state index is 11.6. The van der Waals surface area contributed by atoms with Gasteiger partial charge < -0.3 is 15.5 Å². The van der Waals surface area contributed by atoms with E-state index in [1.54, 1.807) is 0 Å². The SMILES string of the molecule is CCCN(CCC)CC(=O)NC(CO)CO. The van der Waals surface area contributed by atoms with E-state index >= 15 is 0 Å². The standard InChI is InChI=1S/C11H24N2O3/c1-3-5-13(6-4-2)7-11(16)12-10(8-14)9-15/h10,14-15H,3-9H2,1-2H3,(H,12,16). The van der Waals surface area contributed by atoms with Crippen molar-refractivity contribution in [1.82, 2.24) is 10.2 Å². The molecule has 0 saturated heterocycles. The van der Waals surface area contributed by atoms with E-state index in [-0.39, 0.29) is 19.1 Å². The van der Waals surface area contributed by atoms with Crippen LogP contribution in [0.4, 0.5) is 0 Å². The minimum absolute atomic E-state index is 0.144. The Morgan fingerprint density at radius 2 is 1.69 bits per heavy atom. The van der Waals surface area contributed by atoms with Crippen molar-refractivity contribution in [1.29, 1.82) is 0 Å². The molecule has 0 aliphatic carbocycles. The van der Waals surface area contributed by atoms with Crippen LogP contribution in [0.25, 0.3) is 0 Å². The Hall–Kier alpha value is -0.650. The highest BCUT2D eigenvalue weighted by Crippen LogP contribution is 1.94. The van der Waals surface area contributed by atoms with Crippen LogP contribution in [0.3, 0.4) is 0 Å². The minimum Gasteiger partial charge on any atom is -0.394 e. The molecule has 1 amide bonds. The Labute approximate surface area is 97.4 Å². The smallest absolute Gasteiger partial charge is 0.234 e. The molecule has 0 bridgehead atoms. The molecular weight excluding hydrogens is 208 g/mol. The highest BCUT2D eigenvalue weighted by Gasteiger charge is 2.13. The molecule has 0 radical (unpaired) electrons. The summed E-state index contributed by atoms with van der Waals surface area (Å²) in [6.07, 6.45) is 2.02. The van der Waals surface area contributed by atoms with Crippen molar-refractivity contribution in [3.63, 3.8) is 0 Å². The minimum atomic E-state index is -0.544. The molecule has 0 spiro atoms. The first kappa shape index (κ1) is 15.3. The molecule has 0 unspecified atom stereocenters. The molecule has 0 saturated carbocycles. The summed E-state index contributed by atoms with van der Waals surface area (Å²) in [7, 11) is 0. The van der Waals surface area contributed by atoms with Crippen molar-refractivity contribution in [2.24, 2.45) is 0 Å². The Balaban J connectivity index is 3.97. The molecule has 96 valence electrons. The second-order valence-corrected chi connectivity index (χ2v) is 3.91. The lowest BCUT2D eigenvalue weighted by atomic mass is 10.3. The Kier molecular flexibility index (Phi) is 9.18. The van der Waals surface area contributed by atoms with Gasteiger partial charge in [0.15, 0.2) is 0 Å². The van der Waals surface area contributed by atoms with Crippen LogP contribution in [-0.2, 0) is 4.79 Å². The third-order valence-corrected chi connectivity index (χ3v) is 2.25. The average molecular weight is 232 g/mol. The van der Waals surface area contributed by atoms with E-state index in [4.69, 9.17) is 10.2 Å². The average Bonchev–Trinajstić information content (AvgIpc) is 2.26. The Bertz CT molecular complexity index is 178. The molecule has 5 heteroatoms. The topological polar surface area (TPSA) is 72.8 Å². The number of aliphatic hydroxyl groups excluding tert-OH is 2. The predicted octanol–water partition coefficient (Wildman–Crippen LogP) is -0.422. The zero-order valence-electron chi connectivity index (χ0n) is 10.3. The lowest BCUT2D eigenvalue weighted by Gasteiger charge is -2.21. The first-order valence-corrected chi connectivity index (χ1v) is 5.91. The first-order chi connectivity index (χ1) is 7.67. The normalized spacial score (nSPS) is 11.1. The quantitative estimate of drug-likeness (QED) is 0.505. The number of carbonyl (C=O) groups excluding carboxylic acids is 1. The van der Waals surface area contributed by atoms with Crippen molar-refractivity contribution in [3.05, 3.63) is 0 Å². The summed E-state index contributed by atoms with van der Waals surface area (Å²) in [4.78, 5) is 13.6. The van der Waals surface area contributed by atoms with E-state index in [1.807, 2.05) is 0 Å². The van der Waals surface area contributed by atoms with Crippen LogP contribution in [0, 0.1) is 0 Å². The lowest BCUT2D eigenvalue weighted by molar-refractivity contribution is -0.123. The number of nitrogens with one attached hydrogen (secondary N) is 1. The fourth-order valence-corrected chi connectivity index (χ4v) is 1.53. The van der Waals surface area contributed by atoms with Gasteiger partial charge in [-0.25, -0.2) is 0 Å². The van der Waals surface area contributed by atoms with E-state index in [0.29, 0.717) is 6.54 Å². The number of rotatable bonds is 9. The van der Waals surface area contributed by atoms with E-state index in [9.17, 15) is 4.79 Å². The first-order valence-electron chi connectivity index (χ1n) is 5.91. The summed E-state index contributed by atoms with van der Waals surface area (Å²) in [5.74, 6) is -0.144. The molecule has 0 aromatic heterocycles. The van der Waals surface area contributed by atoms with Crippen molar-refractivity contribution < 1.29 is 15.0 Å². The van der Waals surface area contributed by atoms with Gasteiger partial charge in [-0.1, -0.05) is 13.8 Å². The van der Waals surface area contributed by atoms with Gasteiger partial charge in [0.2, 0.25) is 5.91 Å². The van der Waals surface area contributed by atoms with Gasteiger partial charge >= 0.3 is 0 Å². The third-order valence-electron chi connectivity index (χ3n) is 2.25. The van der Waals surface area contributed by atoms with Crippen LogP contribution in [-0.4, -0.2) is 59.9 Å². The molecule has 0 aliphatic rings. The van der Waals surface area contributed by atoms with Gasteiger partial charge in [-0.2, -0.15) is 0 Å². The van der Waals surface area contributed by atoms with Crippen molar-refractivity contribution >= 4 is 5.91 Å². The van der Waals surface area contributed by atoms with Gasteiger partial charge in [-0.05, 0) is 25.9 Å². The predicted molar refractivity (Wildman–Crippen MR) is 63.1 cm³/mol. The zero-order valence-corrected chi connectivity index (χ0v) is 10.3. The summed E-state index contributed by atoms with van der Waals surface area (Å²) in [6.45, 7) is 5.80. The Morgan fingerprint density at radius 3 is 2.06 bits per heavy atom. The van der Waals surface area contributed by atoms with Gasteiger partial charge in [0, 0.05) is 0 Å². The van der Waals surface area contributed by atoms with Crippen LogP contribution in [0.2, 0.25) is 0 Å². The van der Waals surface area contributed by atoms with Gasteiger partial charge in [-0.15, -0.1) is 0 Å². The highest BCUT2D eigenvalue weighted by atomic mass is 16.3. The number of hydrogen-bond donors (Lipinski definition) is 3. The lowest BCUT2D eigenvalue weighted by Crippen LogP contribution is -2.45. The second-order valence-electron chi connectivity index (χ2n) is 3.91. The molecule has 0 rings (SSSR count). The summed E-state index contributed by atoms with van der Waals surface area (Å²) in [6, 6.07) is -0.544. The summed E-state index contributed by atoms with van der Waals surface area (Å²) in [5, 5.41) is 20.2. The summed E-state index contributed by atoms with van der Waals surface area (Å²) >= 11 is 0. The monoisotopic (exact) mass is 232 g/mol. The van der Waals surface area contributed by atoms with E-state index in [2.05, 4.69) is 24.1 Å². The fourth-order valence-electron chi connectivity index (χ4n) is 1.53. The number of amides is 1. The molecule has 0 aliphatic heterocycles. The van der Waals surface area contributed by atoms with E-state index in [1.165, 1.54) is 0 Å². The number of nitrogens with zero attached hydrogens (tertiary/aromatic N) is 1. The molecule has 16 heavy (non-hydrogen) atoms. The van der Waals surface area contributed by atoms with Gasteiger partial charge in [0.05, 0.1) is 25.8 Å². The van der Waals surface area contributed by atoms with Gasteiger partial charge in [-0.3, -0.25) is 9.69 Å². The molecule has 0 aromatic carbocycles. The Morgan fingerprint density at radius 1 is 1.19 bits per heavy atom. The summed E-state index contributed by atoms with van der Waals surface area (Å²) < 4.78 is 0. The van der Waals surface area contributed by atoms with Crippen molar-refractivity contribution in [3.8, 4) is 0 Å². The summed E-state index contributed by atoms with van der Waals surface area (Å²) in [5.41, 5.74) is 0. The van der Waals surface area contributed by atoms with Crippen LogP contribution >= 0.6 is 0 Å². The van der Waals surface area contributed by atoms with Crippen LogP contribution in [0.1, 0.15) is 26.7 Å². The second kappa shape index (κ2) is 9.57. The molecular formula is C11H24N2O3. The van der Waals surface area contributed by atoms with E-state index in [0.717, 1.165) is 25.9 Å². The van der Waals surface area contributed by atoms with Crippen LogP contribution in [0.5, 0.6) is 0 Å². The molecule has 0 fully saturated rings. The maximum atomic E-state index is 11.6. The van der Waals surface area contributed by atoms with E-state index < -0.39 is 6.04 Å². The maximum Gasteiger partial charge on any atom is 0.234 e.